The van der Waals surface area contributed by atoms with Gasteiger partial charge in [0.05, 0.1) is 24.6 Å². The molecule has 0 fully saturated rings. The Balaban J connectivity index is 2.34. The first-order valence-corrected chi connectivity index (χ1v) is 6.58. The van der Waals surface area contributed by atoms with Gasteiger partial charge in [0.15, 0.2) is 0 Å². The molecule has 100 valence electrons. The van der Waals surface area contributed by atoms with Crippen molar-refractivity contribution >= 4 is 39.1 Å². The van der Waals surface area contributed by atoms with Gasteiger partial charge in [0.25, 0.3) is 5.91 Å². The van der Waals surface area contributed by atoms with E-state index >= 15 is 0 Å². The van der Waals surface area contributed by atoms with E-state index in [1.165, 1.54) is 12.3 Å². The van der Waals surface area contributed by atoms with Crippen molar-refractivity contribution in [2.45, 2.75) is 6.92 Å². The van der Waals surface area contributed by atoms with E-state index in [-0.39, 0.29) is 16.7 Å². The molecular formula is C13H11BrClNO3. The van der Waals surface area contributed by atoms with E-state index in [9.17, 15) is 4.79 Å². The summed E-state index contributed by atoms with van der Waals surface area (Å²) in [7, 11) is 1.54. The van der Waals surface area contributed by atoms with Gasteiger partial charge in [-0.2, -0.15) is 0 Å². The van der Waals surface area contributed by atoms with E-state index < -0.39 is 0 Å². The maximum absolute atomic E-state index is 12.1. The second-order valence-corrected chi connectivity index (χ2v) is 5.12. The van der Waals surface area contributed by atoms with Crippen molar-refractivity contribution in [2.75, 3.05) is 12.4 Å². The molecule has 2 aromatic rings. The molecule has 19 heavy (non-hydrogen) atoms. The van der Waals surface area contributed by atoms with Crippen molar-refractivity contribution in [3.8, 4) is 5.75 Å². The van der Waals surface area contributed by atoms with Crippen LogP contribution in [0.25, 0.3) is 0 Å². The fourth-order valence-corrected chi connectivity index (χ4v) is 2.42. The van der Waals surface area contributed by atoms with Crippen molar-refractivity contribution in [1.29, 1.82) is 0 Å². The molecule has 0 aliphatic carbocycles. The molecule has 2 rings (SSSR count). The van der Waals surface area contributed by atoms with Crippen LogP contribution in [0, 0.1) is 6.92 Å². The maximum atomic E-state index is 12.1. The molecular weight excluding hydrogens is 334 g/mol. The Labute approximate surface area is 123 Å². The zero-order chi connectivity index (χ0) is 14.0. The first-order valence-electron chi connectivity index (χ1n) is 5.41. The molecule has 0 aliphatic heterocycles. The molecule has 1 N–H and O–H groups in total. The minimum absolute atomic E-state index is 0.0613. The molecule has 6 heteroatoms. The summed E-state index contributed by atoms with van der Waals surface area (Å²) in [5.41, 5.74) is 1.76. The Morgan fingerprint density at radius 2 is 2.21 bits per heavy atom. The molecule has 0 unspecified atom stereocenters. The van der Waals surface area contributed by atoms with Gasteiger partial charge in [0.2, 0.25) is 5.22 Å². The number of halogens is 2. The number of rotatable bonds is 3. The highest BCUT2D eigenvalue weighted by atomic mass is 79.9. The van der Waals surface area contributed by atoms with E-state index in [0.717, 1.165) is 10.0 Å². The number of methoxy groups -OCH3 is 1. The standard InChI is InChI=1S/C13H11BrClNO3/c1-7-5-8(14)6-10(18-2)11(7)16-13(17)9-3-4-19-12(9)15/h3-6H,1-2H3,(H,16,17). The molecule has 0 radical (unpaired) electrons. The van der Waals surface area contributed by atoms with Gasteiger partial charge in [0.1, 0.15) is 5.75 Å². The Morgan fingerprint density at radius 3 is 2.79 bits per heavy atom. The summed E-state index contributed by atoms with van der Waals surface area (Å²) in [5, 5.41) is 2.83. The fourth-order valence-electron chi connectivity index (χ4n) is 1.67. The summed E-state index contributed by atoms with van der Waals surface area (Å²) in [4.78, 5) is 12.1. The van der Waals surface area contributed by atoms with Gasteiger partial charge >= 0.3 is 0 Å². The molecule has 1 heterocycles. The molecule has 0 atom stereocenters. The predicted molar refractivity (Wildman–Crippen MR) is 77.1 cm³/mol. The van der Waals surface area contributed by atoms with E-state index in [4.69, 9.17) is 20.8 Å². The van der Waals surface area contributed by atoms with Crippen LogP contribution in [-0.4, -0.2) is 13.0 Å². The number of carbonyl (C=O) groups is 1. The summed E-state index contributed by atoms with van der Waals surface area (Å²) in [6.45, 7) is 1.87. The number of hydrogen-bond acceptors (Lipinski definition) is 3. The number of benzene rings is 1. The van der Waals surface area contributed by atoms with Crippen molar-refractivity contribution in [3.05, 3.63) is 45.3 Å². The van der Waals surface area contributed by atoms with Gasteiger partial charge in [0, 0.05) is 4.47 Å². The van der Waals surface area contributed by atoms with Gasteiger partial charge in [-0.15, -0.1) is 0 Å². The van der Waals surface area contributed by atoms with Gasteiger partial charge in [-0.3, -0.25) is 4.79 Å². The molecule has 1 amide bonds. The quantitative estimate of drug-likeness (QED) is 0.905. The lowest BCUT2D eigenvalue weighted by molar-refractivity contribution is 0.102. The van der Waals surface area contributed by atoms with Crippen molar-refractivity contribution in [3.63, 3.8) is 0 Å². The third kappa shape index (κ3) is 2.93. The third-order valence-electron chi connectivity index (χ3n) is 2.59. The Hall–Kier alpha value is -1.46. The number of hydrogen-bond donors (Lipinski definition) is 1. The van der Waals surface area contributed by atoms with Gasteiger partial charge < -0.3 is 14.5 Å². The highest BCUT2D eigenvalue weighted by Gasteiger charge is 2.16. The van der Waals surface area contributed by atoms with E-state index in [2.05, 4.69) is 21.2 Å². The van der Waals surface area contributed by atoms with Gasteiger partial charge in [-0.05, 0) is 42.3 Å². The second kappa shape index (κ2) is 5.67. The van der Waals surface area contributed by atoms with Crippen LogP contribution < -0.4 is 10.1 Å². The molecule has 1 aromatic heterocycles. The zero-order valence-electron chi connectivity index (χ0n) is 10.3. The van der Waals surface area contributed by atoms with E-state index in [1.807, 2.05) is 13.0 Å². The minimum Gasteiger partial charge on any atom is -0.495 e. The lowest BCUT2D eigenvalue weighted by atomic mass is 10.1. The van der Waals surface area contributed by atoms with Crippen molar-refractivity contribution in [2.24, 2.45) is 0 Å². The average molecular weight is 345 g/mol. The minimum atomic E-state index is -0.345. The number of ether oxygens (including phenoxy) is 1. The monoisotopic (exact) mass is 343 g/mol. The lowest BCUT2D eigenvalue weighted by Crippen LogP contribution is -2.13. The topological polar surface area (TPSA) is 51.5 Å². The number of amides is 1. The second-order valence-electron chi connectivity index (χ2n) is 3.86. The van der Waals surface area contributed by atoms with Crippen LogP contribution in [0.3, 0.4) is 0 Å². The van der Waals surface area contributed by atoms with Crippen LogP contribution >= 0.6 is 27.5 Å². The predicted octanol–water partition coefficient (Wildman–Crippen LogP) is 4.26. The first-order chi connectivity index (χ1) is 9.02. The number of furan rings is 1. The molecule has 0 aliphatic rings. The van der Waals surface area contributed by atoms with Gasteiger partial charge in [-0.1, -0.05) is 15.9 Å². The average Bonchev–Trinajstić information content (AvgIpc) is 2.78. The van der Waals surface area contributed by atoms with E-state index in [1.54, 1.807) is 13.2 Å². The highest BCUT2D eigenvalue weighted by molar-refractivity contribution is 9.10. The lowest BCUT2D eigenvalue weighted by Gasteiger charge is -2.13. The van der Waals surface area contributed by atoms with Crippen LogP contribution in [0.2, 0.25) is 5.22 Å². The number of anilines is 1. The Morgan fingerprint density at radius 1 is 1.47 bits per heavy atom. The highest BCUT2D eigenvalue weighted by Crippen LogP contribution is 2.32. The van der Waals surface area contributed by atoms with Crippen LogP contribution in [0.5, 0.6) is 5.75 Å². The molecule has 0 saturated carbocycles. The van der Waals surface area contributed by atoms with Crippen LogP contribution in [0.4, 0.5) is 5.69 Å². The van der Waals surface area contributed by atoms with Gasteiger partial charge in [-0.25, -0.2) is 0 Å². The summed E-state index contributed by atoms with van der Waals surface area (Å²) in [6.07, 6.45) is 1.36. The summed E-state index contributed by atoms with van der Waals surface area (Å²) in [5.74, 6) is 0.224. The van der Waals surface area contributed by atoms with E-state index in [0.29, 0.717) is 11.4 Å². The van der Waals surface area contributed by atoms with Crippen LogP contribution in [0.1, 0.15) is 15.9 Å². The summed E-state index contributed by atoms with van der Waals surface area (Å²) < 4.78 is 11.0. The Bertz CT molecular complexity index is 624. The molecule has 0 bridgehead atoms. The third-order valence-corrected chi connectivity index (χ3v) is 3.34. The zero-order valence-corrected chi connectivity index (χ0v) is 12.6. The van der Waals surface area contributed by atoms with Crippen LogP contribution in [0.15, 0.2) is 33.4 Å². The van der Waals surface area contributed by atoms with Crippen molar-refractivity contribution in [1.82, 2.24) is 0 Å². The fraction of sp³-hybridized carbons (Fsp3) is 0.154. The normalized spacial score (nSPS) is 10.3. The number of carbonyl (C=O) groups excluding carboxylic acids is 1. The summed E-state index contributed by atoms with van der Waals surface area (Å²) in [6, 6.07) is 5.17. The smallest absolute Gasteiger partial charge is 0.260 e. The molecule has 0 saturated heterocycles. The summed E-state index contributed by atoms with van der Waals surface area (Å²) >= 11 is 9.15. The SMILES string of the molecule is COc1cc(Br)cc(C)c1NC(=O)c1ccoc1Cl. The number of nitrogens with one attached hydrogen (secondary N) is 1. The number of aryl methyl sites for hydroxylation is 1. The molecule has 1 aromatic carbocycles. The first kappa shape index (κ1) is 14.0. The Kier molecular flexibility index (Phi) is 4.17. The maximum Gasteiger partial charge on any atom is 0.260 e. The molecule has 4 nitrogen and oxygen atoms in total. The van der Waals surface area contributed by atoms with Crippen molar-refractivity contribution < 1.29 is 13.9 Å². The largest absolute Gasteiger partial charge is 0.495 e. The van der Waals surface area contributed by atoms with Crippen LogP contribution in [-0.2, 0) is 0 Å². The molecule has 0 spiro atoms.